The summed E-state index contributed by atoms with van der Waals surface area (Å²) in [7, 11) is 2.05. The van der Waals surface area contributed by atoms with Crippen molar-refractivity contribution in [2.45, 2.75) is 40.5 Å². The predicted octanol–water partition coefficient (Wildman–Crippen LogP) is 5.56. The van der Waals surface area contributed by atoms with Gasteiger partial charge in [0.05, 0.1) is 5.56 Å². The number of pyridine rings is 1. The molecule has 0 aliphatic heterocycles. The van der Waals surface area contributed by atoms with E-state index in [1.54, 1.807) is 0 Å². The van der Waals surface area contributed by atoms with Crippen molar-refractivity contribution in [3.63, 3.8) is 0 Å². The Bertz CT molecular complexity index is 1080. The minimum Gasteiger partial charge on any atom is -0.201 e. The second-order valence-corrected chi connectivity index (χ2v) is 7.83. The number of fused-ring (bicyclic) bond motifs is 3. The molecule has 0 amide bonds. The summed E-state index contributed by atoms with van der Waals surface area (Å²) in [4.78, 5) is 0. The molecular formula is C25H28N+. The molecule has 0 fully saturated rings. The van der Waals surface area contributed by atoms with E-state index in [2.05, 4.69) is 61.9 Å². The Morgan fingerprint density at radius 3 is 2.58 bits per heavy atom. The van der Waals surface area contributed by atoms with Gasteiger partial charge in [-0.1, -0.05) is 49.7 Å². The second-order valence-electron chi connectivity index (χ2n) is 7.83. The average molecular weight is 345 g/mol. The van der Waals surface area contributed by atoms with Gasteiger partial charge in [0.2, 0.25) is 5.69 Å². The number of nitrogens with zero attached hydrogens (tertiary/aromatic N) is 1. The molecule has 0 unspecified atom stereocenters. The maximum absolute atomic E-state index is 8.54. The monoisotopic (exact) mass is 344 g/mol. The Morgan fingerprint density at radius 1 is 1.04 bits per heavy atom. The van der Waals surface area contributed by atoms with Gasteiger partial charge in [-0.3, -0.25) is 0 Å². The molecule has 132 valence electrons. The van der Waals surface area contributed by atoms with Gasteiger partial charge in [-0.15, -0.1) is 0 Å². The van der Waals surface area contributed by atoms with E-state index in [1.165, 1.54) is 38.9 Å². The topological polar surface area (TPSA) is 3.88 Å². The molecule has 1 aliphatic rings. The largest absolute Gasteiger partial charge is 0.213 e. The number of rotatable bonds is 3. The van der Waals surface area contributed by atoms with Crippen molar-refractivity contribution in [2.24, 2.45) is 13.0 Å². The van der Waals surface area contributed by atoms with Crippen LogP contribution in [0.3, 0.4) is 0 Å². The summed E-state index contributed by atoms with van der Waals surface area (Å²) in [5.41, 5.74) is 11.0. The van der Waals surface area contributed by atoms with Crippen LogP contribution in [-0.4, -0.2) is 0 Å². The van der Waals surface area contributed by atoms with E-state index in [-0.39, 0.29) is 5.92 Å². The highest BCUT2D eigenvalue weighted by molar-refractivity contribution is 5.85. The lowest BCUT2D eigenvalue weighted by molar-refractivity contribution is -0.660. The number of aromatic nitrogens is 1. The summed E-state index contributed by atoms with van der Waals surface area (Å²) in [6, 6.07) is 15.1. The third kappa shape index (κ3) is 2.86. The summed E-state index contributed by atoms with van der Waals surface area (Å²) in [6.07, 6.45) is 1.58. The lowest BCUT2D eigenvalue weighted by Crippen LogP contribution is -2.31. The van der Waals surface area contributed by atoms with Gasteiger partial charge < -0.3 is 0 Å². The Hall–Kier alpha value is -2.41. The number of aryl methyl sites for hydroxylation is 3. The molecule has 3 aromatic rings. The molecule has 1 aromatic heterocycles. The first-order chi connectivity index (χ1) is 13.2. The van der Waals surface area contributed by atoms with Crippen LogP contribution >= 0.6 is 0 Å². The Balaban J connectivity index is 1.93. The van der Waals surface area contributed by atoms with E-state index >= 15 is 0 Å². The fourth-order valence-corrected chi connectivity index (χ4v) is 4.12. The van der Waals surface area contributed by atoms with Gasteiger partial charge in [0.25, 0.3) is 0 Å². The highest BCUT2D eigenvalue weighted by atomic mass is 14.9. The van der Waals surface area contributed by atoms with Gasteiger partial charge in [0.15, 0.2) is 6.20 Å². The minimum absolute atomic E-state index is 0.0807. The summed E-state index contributed by atoms with van der Waals surface area (Å²) in [6.45, 7) is 8.19. The molecule has 1 heterocycles. The molecule has 0 saturated heterocycles. The second kappa shape index (κ2) is 6.39. The predicted molar refractivity (Wildman–Crippen MR) is 109 cm³/mol. The smallest absolute Gasteiger partial charge is 0.201 e. The molecule has 4 rings (SSSR count). The van der Waals surface area contributed by atoms with Crippen molar-refractivity contribution >= 4 is 0 Å². The van der Waals surface area contributed by atoms with Crippen molar-refractivity contribution in [2.75, 3.05) is 0 Å². The summed E-state index contributed by atoms with van der Waals surface area (Å²) in [5, 5.41) is 0. The SMILES string of the molecule is [2H]C([2H])(c1cc[n+](C)c(-c2c(C)ccc3c2Cc2cc(C)ccc2-3)c1)C(C)C. The van der Waals surface area contributed by atoms with Gasteiger partial charge in [-0.25, -0.2) is 4.57 Å². The summed E-state index contributed by atoms with van der Waals surface area (Å²) in [5.74, 6) is -0.0807. The number of hydrogen-bond donors (Lipinski definition) is 0. The first kappa shape index (κ1) is 14.7. The number of benzene rings is 2. The summed E-state index contributed by atoms with van der Waals surface area (Å²) < 4.78 is 19.2. The standard InChI is InChI=1S/C25H28N/c1-16(2)12-19-10-11-26(5)24(14-19)25-18(4)7-9-22-21-8-6-17(3)13-20(21)15-23(22)25/h6-11,13-14,16H,12,15H2,1-5H3/q+1/i12D2. The Morgan fingerprint density at radius 2 is 1.81 bits per heavy atom. The van der Waals surface area contributed by atoms with Crippen LogP contribution in [0, 0.1) is 19.8 Å². The van der Waals surface area contributed by atoms with E-state index in [0.717, 1.165) is 17.7 Å². The molecular weight excluding hydrogens is 314 g/mol. The van der Waals surface area contributed by atoms with Gasteiger partial charge in [0, 0.05) is 14.9 Å². The molecule has 0 spiro atoms. The van der Waals surface area contributed by atoms with Crippen LogP contribution in [0.1, 0.15) is 44.4 Å². The third-order valence-corrected chi connectivity index (χ3v) is 5.30. The van der Waals surface area contributed by atoms with E-state index in [4.69, 9.17) is 2.74 Å². The Labute approximate surface area is 160 Å². The van der Waals surface area contributed by atoms with Gasteiger partial charge >= 0.3 is 0 Å². The van der Waals surface area contributed by atoms with Crippen LogP contribution in [0.4, 0.5) is 0 Å². The summed E-state index contributed by atoms with van der Waals surface area (Å²) >= 11 is 0. The van der Waals surface area contributed by atoms with Crippen LogP contribution in [0.5, 0.6) is 0 Å². The molecule has 0 saturated carbocycles. The molecule has 0 N–H and O–H groups in total. The first-order valence-electron chi connectivity index (χ1n) is 10.4. The van der Waals surface area contributed by atoms with Crippen molar-refractivity contribution in [1.82, 2.24) is 0 Å². The maximum Gasteiger partial charge on any atom is 0.213 e. The quantitative estimate of drug-likeness (QED) is 0.428. The highest BCUT2D eigenvalue weighted by Gasteiger charge is 2.26. The average Bonchev–Trinajstić information content (AvgIpc) is 2.99. The highest BCUT2D eigenvalue weighted by Crippen LogP contribution is 2.42. The van der Waals surface area contributed by atoms with Crippen LogP contribution in [0.2, 0.25) is 0 Å². The molecule has 1 nitrogen and oxygen atoms in total. The van der Waals surface area contributed by atoms with Crippen LogP contribution in [0.15, 0.2) is 48.7 Å². The molecule has 1 heteroatoms. The van der Waals surface area contributed by atoms with E-state index in [0.29, 0.717) is 0 Å². The van der Waals surface area contributed by atoms with Crippen molar-refractivity contribution in [3.05, 3.63) is 76.5 Å². The zero-order valence-corrected chi connectivity index (χ0v) is 16.4. The van der Waals surface area contributed by atoms with E-state index in [9.17, 15) is 0 Å². The van der Waals surface area contributed by atoms with Crippen molar-refractivity contribution in [1.29, 1.82) is 0 Å². The minimum atomic E-state index is -1.35. The van der Waals surface area contributed by atoms with Crippen molar-refractivity contribution < 1.29 is 7.31 Å². The van der Waals surface area contributed by atoms with Crippen LogP contribution < -0.4 is 4.57 Å². The lowest BCUT2D eigenvalue weighted by atomic mass is 9.92. The molecule has 2 aromatic carbocycles. The fourth-order valence-electron chi connectivity index (χ4n) is 4.12. The molecule has 0 bridgehead atoms. The normalized spacial score (nSPS) is 14.1. The molecule has 0 atom stereocenters. The van der Waals surface area contributed by atoms with Gasteiger partial charge in [-0.2, -0.15) is 0 Å². The number of hydrogen-bond acceptors (Lipinski definition) is 0. The lowest BCUT2D eigenvalue weighted by Gasteiger charge is -2.12. The van der Waals surface area contributed by atoms with Crippen LogP contribution in [-0.2, 0) is 19.8 Å². The Kier molecular flexibility index (Phi) is 3.62. The zero-order chi connectivity index (χ0) is 20.2. The van der Waals surface area contributed by atoms with E-state index < -0.39 is 6.37 Å². The molecule has 0 radical (unpaired) electrons. The first-order valence-corrected chi connectivity index (χ1v) is 9.43. The van der Waals surface area contributed by atoms with Crippen LogP contribution in [0.25, 0.3) is 22.4 Å². The molecule has 26 heavy (non-hydrogen) atoms. The van der Waals surface area contributed by atoms with Crippen molar-refractivity contribution in [3.8, 4) is 22.4 Å². The van der Waals surface area contributed by atoms with E-state index in [1.807, 2.05) is 26.1 Å². The fraction of sp³-hybridized carbons (Fsp3) is 0.320. The van der Waals surface area contributed by atoms with Gasteiger partial charge in [-0.05, 0) is 65.9 Å². The van der Waals surface area contributed by atoms with Gasteiger partial charge in [0.1, 0.15) is 7.05 Å². The maximum atomic E-state index is 8.54. The third-order valence-electron chi connectivity index (χ3n) is 5.30. The molecule has 1 aliphatic carbocycles. The zero-order valence-electron chi connectivity index (χ0n) is 18.4.